The number of alkyl halides is 4. The summed E-state index contributed by atoms with van der Waals surface area (Å²) >= 11 is -0.922. The van der Waals surface area contributed by atoms with E-state index in [4.69, 9.17) is 8.80 Å². The topological polar surface area (TPSA) is 92.4 Å². The number of piperazine rings is 1. The molecule has 3 aromatic rings. The number of pyridine rings is 1. The maximum absolute atomic E-state index is 16.5. The Kier molecular flexibility index (Phi) is 7.37. The van der Waals surface area contributed by atoms with Gasteiger partial charge in [-0.25, -0.2) is 0 Å². The van der Waals surface area contributed by atoms with Crippen molar-refractivity contribution in [3.63, 3.8) is 0 Å². The molecule has 0 aliphatic carbocycles. The molecule has 8 nitrogen and oxygen atoms in total. The van der Waals surface area contributed by atoms with Crippen LogP contribution >= 0.6 is 0 Å². The standard InChI is InChI=1S/C27H30F5IN7O/c1-12-9-17(34)36-23(20(12)27(30,31)32)18-13(2)21(28)19-24(22(18)29)37-26(41-33-16-5-4-8-39(16)3)38-25(19)40-10-14-6-7-15(11-40)35-14/h9,14-16,35H,4-8,10-11H2,1-3H3,(H2,34,36)/q-1/t14?,15?,16-/m0/s1. The van der Waals surface area contributed by atoms with Crippen LogP contribution in [0.25, 0.3) is 22.2 Å². The molecular formula is C27H30F5IN7O-. The Bertz CT molecular complexity index is 1510. The minimum absolute atomic E-state index is 0.104. The van der Waals surface area contributed by atoms with E-state index < -0.39 is 61.8 Å². The molecule has 0 radical (unpaired) electrons. The number of fused-ring (bicyclic) bond motifs is 3. The molecule has 3 aliphatic rings. The zero-order valence-corrected chi connectivity index (χ0v) is 24.9. The van der Waals surface area contributed by atoms with Crippen molar-refractivity contribution in [3.05, 3.63) is 34.4 Å². The van der Waals surface area contributed by atoms with Crippen LogP contribution in [0.1, 0.15) is 42.4 Å². The molecule has 3 saturated heterocycles. The number of nitrogens with zero attached hydrogens (tertiary/aromatic N) is 5. The number of nitrogen functional groups attached to an aromatic ring is 1. The molecule has 0 saturated carbocycles. The van der Waals surface area contributed by atoms with Gasteiger partial charge in [0.2, 0.25) is 0 Å². The third kappa shape index (κ3) is 5.15. The van der Waals surface area contributed by atoms with Gasteiger partial charge in [0.15, 0.2) is 0 Å². The van der Waals surface area contributed by atoms with E-state index in [0.29, 0.717) is 13.1 Å². The number of nitrogens with one attached hydrogen (secondary N) is 1. The van der Waals surface area contributed by atoms with Crippen LogP contribution in [0.2, 0.25) is 0 Å². The average molecular weight is 690 g/mol. The van der Waals surface area contributed by atoms with E-state index in [1.165, 1.54) is 13.8 Å². The van der Waals surface area contributed by atoms with Crippen molar-refractivity contribution >= 4 is 22.5 Å². The predicted octanol–water partition coefficient (Wildman–Crippen LogP) is 1.56. The monoisotopic (exact) mass is 690 g/mol. The van der Waals surface area contributed by atoms with E-state index >= 15 is 8.78 Å². The summed E-state index contributed by atoms with van der Waals surface area (Å²) in [6.07, 6.45) is -0.985. The van der Waals surface area contributed by atoms with Gasteiger partial charge in [-0.1, -0.05) is 0 Å². The van der Waals surface area contributed by atoms with Gasteiger partial charge in [-0.2, -0.15) is 0 Å². The molecule has 3 atom stereocenters. The van der Waals surface area contributed by atoms with Crippen LogP contribution in [0.5, 0.6) is 6.01 Å². The average Bonchev–Trinajstić information content (AvgIpc) is 3.47. The molecule has 222 valence electrons. The second-order valence-electron chi connectivity index (χ2n) is 11.0. The van der Waals surface area contributed by atoms with E-state index in [-0.39, 0.29) is 50.3 Å². The van der Waals surface area contributed by atoms with E-state index in [2.05, 4.69) is 25.2 Å². The number of aromatic nitrogens is 3. The third-order valence-corrected chi connectivity index (χ3v) is 11.0. The first kappa shape index (κ1) is 28.5. The number of benzene rings is 1. The van der Waals surface area contributed by atoms with Crippen LogP contribution in [0.15, 0.2) is 6.07 Å². The van der Waals surface area contributed by atoms with Gasteiger partial charge >= 0.3 is 245 Å². The Morgan fingerprint density at radius 3 is 2.39 bits per heavy atom. The van der Waals surface area contributed by atoms with Gasteiger partial charge in [-0.3, -0.25) is 0 Å². The summed E-state index contributed by atoms with van der Waals surface area (Å²) in [5, 5.41) is 3.33. The summed E-state index contributed by atoms with van der Waals surface area (Å²) in [7, 11) is 2.01. The Labute approximate surface area is 244 Å². The van der Waals surface area contributed by atoms with Gasteiger partial charge < -0.3 is 0 Å². The number of anilines is 2. The van der Waals surface area contributed by atoms with Crippen LogP contribution in [-0.2, 0) is 6.18 Å². The zero-order valence-electron chi connectivity index (χ0n) is 22.7. The molecule has 41 heavy (non-hydrogen) atoms. The van der Waals surface area contributed by atoms with Crippen molar-refractivity contribution in [2.24, 2.45) is 0 Å². The summed E-state index contributed by atoms with van der Waals surface area (Å²) in [4.78, 5) is 16.8. The number of aryl methyl sites for hydroxylation is 1. The fourth-order valence-electron chi connectivity index (χ4n) is 6.20. The number of nitrogens with two attached hydrogens (primary N) is 1. The molecule has 2 aromatic heterocycles. The predicted molar refractivity (Wildman–Crippen MR) is 140 cm³/mol. The van der Waals surface area contributed by atoms with Gasteiger partial charge in [-0.05, 0) is 0 Å². The van der Waals surface area contributed by atoms with Gasteiger partial charge in [0.05, 0.1) is 0 Å². The number of rotatable bonds is 5. The Hall–Kier alpha value is -2.59. The minimum atomic E-state index is -4.88. The number of hydrogen-bond donors (Lipinski definition) is 2. The van der Waals surface area contributed by atoms with Gasteiger partial charge in [0.1, 0.15) is 0 Å². The van der Waals surface area contributed by atoms with E-state index in [9.17, 15) is 13.2 Å². The van der Waals surface area contributed by atoms with E-state index in [1.807, 2.05) is 11.9 Å². The van der Waals surface area contributed by atoms with Crippen LogP contribution in [-0.4, -0.2) is 62.7 Å². The molecule has 5 heterocycles. The van der Waals surface area contributed by atoms with Crippen molar-refractivity contribution in [2.75, 3.05) is 37.3 Å². The summed E-state index contributed by atoms with van der Waals surface area (Å²) < 4.78 is 81.7. The quantitative estimate of drug-likeness (QED) is 0.181. The van der Waals surface area contributed by atoms with Crippen LogP contribution < -0.4 is 40.6 Å². The van der Waals surface area contributed by atoms with Crippen molar-refractivity contribution in [3.8, 4) is 17.3 Å². The maximum atomic E-state index is 16.5. The first-order chi connectivity index (χ1) is 19.4. The molecule has 3 N–H and O–H groups in total. The van der Waals surface area contributed by atoms with Crippen LogP contribution in [0.3, 0.4) is 0 Å². The Morgan fingerprint density at radius 1 is 1.05 bits per heavy atom. The van der Waals surface area contributed by atoms with E-state index in [1.54, 1.807) is 0 Å². The van der Waals surface area contributed by atoms with Gasteiger partial charge in [0, 0.05) is 0 Å². The number of likely N-dealkylation sites (tertiary alicyclic amines) is 1. The Balaban J connectivity index is 1.56. The molecule has 6 rings (SSSR count). The second kappa shape index (κ2) is 10.6. The number of halogens is 6. The van der Waals surface area contributed by atoms with Crippen LogP contribution in [0.4, 0.5) is 33.6 Å². The molecule has 3 aliphatic heterocycles. The molecule has 2 bridgehead atoms. The summed E-state index contributed by atoms with van der Waals surface area (Å²) in [5.41, 5.74) is 2.22. The first-order valence-corrected chi connectivity index (χ1v) is 15.6. The zero-order chi connectivity index (χ0) is 29.2. The summed E-state index contributed by atoms with van der Waals surface area (Å²) in [6.45, 7) is 4.45. The SMILES string of the molecule is Cc1cc(N)nc(-c2c(C)c(F)c3c(N4CC5CCC(C4)N5)nc(O[I-][C@@H]4CCCN4C)nc3c2F)c1C(F)(F)F. The third-order valence-electron chi connectivity index (χ3n) is 8.14. The molecule has 14 heteroatoms. The molecule has 1 aromatic carbocycles. The summed E-state index contributed by atoms with van der Waals surface area (Å²) in [5.74, 6) is -2.07. The van der Waals surface area contributed by atoms with Gasteiger partial charge in [0.25, 0.3) is 0 Å². The van der Waals surface area contributed by atoms with Crippen molar-refractivity contribution in [1.29, 1.82) is 0 Å². The molecular weight excluding hydrogens is 660 g/mol. The van der Waals surface area contributed by atoms with Crippen molar-refractivity contribution < 1.29 is 46.6 Å². The first-order valence-electron chi connectivity index (χ1n) is 13.5. The van der Waals surface area contributed by atoms with Crippen molar-refractivity contribution in [1.82, 2.24) is 25.2 Å². The molecule has 0 amide bonds. The second-order valence-corrected chi connectivity index (χ2v) is 13.4. The van der Waals surface area contributed by atoms with Crippen LogP contribution in [0, 0.1) is 25.5 Å². The molecule has 2 unspecified atom stereocenters. The fourth-order valence-corrected chi connectivity index (χ4v) is 8.27. The van der Waals surface area contributed by atoms with Crippen molar-refractivity contribution in [2.45, 2.75) is 61.8 Å². The van der Waals surface area contributed by atoms with Gasteiger partial charge in [-0.15, -0.1) is 0 Å². The fraction of sp³-hybridized carbons (Fsp3) is 0.519. The molecule has 3 fully saturated rings. The Morgan fingerprint density at radius 2 is 1.76 bits per heavy atom. The van der Waals surface area contributed by atoms with E-state index in [0.717, 1.165) is 38.3 Å². The summed E-state index contributed by atoms with van der Waals surface area (Å²) in [6, 6.07) is 1.30. The number of hydrogen-bond acceptors (Lipinski definition) is 8. The molecule has 0 spiro atoms. The normalized spacial score (nSPS) is 23.2.